The van der Waals surface area contributed by atoms with Gasteiger partial charge in [-0.1, -0.05) is 6.07 Å². The number of pyridine rings is 1. The first-order chi connectivity index (χ1) is 13.4. The monoisotopic (exact) mass is 381 g/mol. The lowest BCUT2D eigenvalue weighted by Gasteiger charge is -2.38. The molecule has 0 spiro atoms. The molecule has 0 saturated heterocycles. The Balaban J connectivity index is 1.56. The Bertz CT molecular complexity index is 849. The first-order valence-corrected chi connectivity index (χ1v) is 9.78. The molecular weight excluding hydrogens is 354 g/mol. The third-order valence-corrected chi connectivity index (χ3v) is 5.30. The van der Waals surface area contributed by atoms with Crippen LogP contribution in [0.25, 0.3) is 0 Å². The molecular formula is C22H27N3O3. The van der Waals surface area contributed by atoms with Crippen LogP contribution < -0.4 is 14.8 Å². The quantitative estimate of drug-likeness (QED) is 0.848. The minimum absolute atomic E-state index is 0.0391. The number of hydrogen-bond acceptors (Lipinski definition) is 4. The Morgan fingerprint density at radius 2 is 2.18 bits per heavy atom. The lowest BCUT2D eigenvalue weighted by Crippen LogP contribution is -2.46. The summed E-state index contributed by atoms with van der Waals surface area (Å²) in [7, 11) is 1.64. The highest BCUT2D eigenvalue weighted by Crippen LogP contribution is 2.41. The third kappa shape index (κ3) is 4.06. The second-order valence-electron chi connectivity index (χ2n) is 8.19. The zero-order valence-corrected chi connectivity index (χ0v) is 16.6. The summed E-state index contributed by atoms with van der Waals surface area (Å²) >= 11 is 0. The largest absolute Gasteiger partial charge is 0.497 e. The Morgan fingerprint density at radius 3 is 2.86 bits per heavy atom. The summed E-state index contributed by atoms with van der Waals surface area (Å²) in [6, 6.07) is 9.81. The molecule has 1 aliphatic heterocycles. The molecule has 0 unspecified atom stereocenters. The number of ether oxygens (including phenoxy) is 2. The van der Waals surface area contributed by atoms with Crippen molar-refractivity contribution in [2.24, 2.45) is 0 Å². The van der Waals surface area contributed by atoms with Crippen molar-refractivity contribution in [1.82, 2.24) is 15.2 Å². The number of carbonyl (C=O) groups is 1. The third-order valence-electron chi connectivity index (χ3n) is 5.30. The molecule has 1 atom stereocenters. The Kier molecular flexibility index (Phi) is 4.87. The van der Waals surface area contributed by atoms with Gasteiger partial charge in [-0.3, -0.25) is 4.98 Å². The van der Waals surface area contributed by atoms with E-state index in [-0.39, 0.29) is 17.7 Å². The zero-order valence-electron chi connectivity index (χ0n) is 16.6. The Morgan fingerprint density at radius 1 is 1.36 bits per heavy atom. The summed E-state index contributed by atoms with van der Waals surface area (Å²) in [5, 5.41) is 3.25. The molecule has 1 N–H and O–H groups in total. The van der Waals surface area contributed by atoms with Crippen molar-refractivity contribution in [3.8, 4) is 11.5 Å². The minimum atomic E-state index is -0.354. The van der Waals surface area contributed by atoms with Crippen molar-refractivity contribution in [2.45, 2.75) is 57.3 Å². The van der Waals surface area contributed by atoms with Crippen LogP contribution in [0, 0.1) is 0 Å². The van der Waals surface area contributed by atoms with Crippen molar-refractivity contribution < 1.29 is 14.3 Å². The number of carbonyl (C=O) groups excluding carboxylic acids is 1. The molecule has 1 aromatic heterocycles. The molecule has 1 aliphatic carbocycles. The summed E-state index contributed by atoms with van der Waals surface area (Å²) in [6.07, 6.45) is 6.37. The predicted octanol–water partition coefficient (Wildman–Crippen LogP) is 4.07. The van der Waals surface area contributed by atoms with E-state index in [2.05, 4.69) is 10.3 Å². The average molecular weight is 381 g/mol. The number of aromatic nitrogens is 1. The van der Waals surface area contributed by atoms with E-state index < -0.39 is 0 Å². The van der Waals surface area contributed by atoms with Crippen molar-refractivity contribution >= 4 is 6.03 Å². The maximum atomic E-state index is 13.2. The number of amides is 2. The maximum absolute atomic E-state index is 13.2. The van der Waals surface area contributed by atoms with Gasteiger partial charge in [0, 0.05) is 37.0 Å². The number of nitrogens with zero attached hydrogens (tertiary/aromatic N) is 2. The summed E-state index contributed by atoms with van der Waals surface area (Å²) in [4.78, 5) is 19.3. The van der Waals surface area contributed by atoms with Crippen molar-refractivity contribution in [3.05, 3.63) is 53.9 Å². The van der Waals surface area contributed by atoms with Crippen LogP contribution in [-0.2, 0) is 6.54 Å². The van der Waals surface area contributed by atoms with Crippen LogP contribution in [0.15, 0.2) is 42.7 Å². The van der Waals surface area contributed by atoms with Gasteiger partial charge in [-0.05, 0) is 56.5 Å². The van der Waals surface area contributed by atoms with Crippen LogP contribution in [0.2, 0.25) is 0 Å². The molecule has 2 amide bonds. The highest BCUT2D eigenvalue weighted by molar-refractivity contribution is 5.76. The van der Waals surface area contributed by atoms with Gasteiger partial charge in [0.15, 0.2) is 0 Å². The van der Waals surface area contributed by atoms with E-state index in [9.17, 15) is 4.79 Å². The standard InChI is InChI=1S/C22H27N3O3/c1-22(2)12-19(18-11-17(27-3)8-9-20(18)28-22)24-21(26)25(16-6-7-16)14-15-5-4-10-23-13-15/h4-5,8-11,13,16,19H,6-7,12,14H2,1-3H3,(H,24,26)/t19-/m1/s1. The number of nitrogens with one attached hydrogen (secondary N) is 1. The second kappa shape index (κ2) is 7.34. The van der Waals surface area contributed by atoms with Gasteiger partial charge in [0.1, 0.15) is 17.1 Å². The molecule has 2 heterocycles. The molecule has 1 saturated carbocycles. The SMILES string of the molecule is COc1ccc2c(c1)[C@H](NC(=O)N(Cc1cccnc1)C1CC1)CC(C)(C)O2. The Labute approximate surface area is 165 Å². The maximum Gasteiger partial charge on any atom is 0.318 e. The zero-order chi connectivity index (χ0) is 19.7. The van der Waals surface area contributed by atoms with Crippen LogP contribution in [0.1, 0.15) is 50.3 Å². The fourth-order valence-electron chi connectivity index (χ4n) is 3.76. The van der Waals surface area contributed by atoms with Gasteiger partial charge in [0.05, 0.1) is 13.2 Å². The lowest BCUT2D eigenvalue weighted by atomic mass is 9.89. The average Bonchev–Trinajstić information content (AvgIpc) is 3.51. The number of benzene rings is 1. The topological polar surface area (TPSA) is 63.7 Å². The summed E-state index contributed by atoms with van der Waals surface area (Å²) in [6.45, 7) is 4.67. The van der Waals surface area contributed by atoms with Crippen molar-refractivity contribution in [1.29, 1.82) is 0 Å². The smallest absolute Gasteiger partial charge is 0.318 e. The second-order valence-corrected chi connectivity index (χ2v) is 8.19. The molecule has 6 nitrogen and oxygen atoms in total. The molecule has 2 aromatic rings. The molecule has 1 fully saturated rings. The molecule has 148 valence electrons. The van der Waals surface area contributed by atoms with Gasteiger partial charge in [-0.2, -0.15) is 0 Å². The van der Waals surface area contributed by atoms with Crippen LogP contribution in [0.5, 0.6) is 11.5 Å². The molecule has 28 heavy (non-hydrogen) atoms. The van der Waals surface area contributed by atoms with Gasteiger partial charge in [-0.15, -0.1) is 0 Å². The van der Waals surface area contributed by atoms with Crippen LogP contribution in [-0.4, -0.2) is 34.7 Å². The lowest BCUT2D eigenvalue weighted by molar-refractivity contribution is 0.0660. The molecule has 0 radical (unpaired) electrons. The van der Waals surface area contributed by atoms with E-state index in [4.69, 9.17) is 9.47 Å². The predicted molar refractivity (Wildman–Crippen MR) is 106 cm³/mol. The van der Waals surface area contributed by atoms with Crippen LogP contribution >= 0.6 is 0 Å². The van der Waals surface area contributed by atoms with Gasteiger partial charge in [0.25, 0.3) is 0 Å². The van der Waals surface area contributed by atoms with E-state index >= 15 is 0 Å². The number of urea groups is 1. The number of fused-ring (bicyclic) bond motifs is 1. The van der Waals surface area contributed by atoms with E-state index in [0.29, 0.717) is 19.0 Å². The first-order valence-electron chi connectivity index (χ1n) is 9.78. The number of rotatable bonds is 5. The fourth-order valence-corrected chi connectivity index (χ4v) is 3.76. The summed E-state index contributed by atoms with van der Waals surface area (Å²) < 4.78 is 11.5. The van der Waals surface area contributed by atoms with E-state index in [0.717, 1.165) is 35.5 Å². The van der Waals surface area contributed by atoms with Crippen LogP contribution in [0.3, 0.4) is 0 Å². The number of hydrogen-bond donors (Lipinski definition) is 1. The molecule has 2 aliphatic rings. The fraction of sp³-hybridized carbons (Fsp3) is 0.455. The summed E-state index contributed by atoms with van der Waals surface area (Å²) in [5.74, 6) is 1.56. The highest BCUT2D eigenvalue weighted by atomic mass is 16.5. The first kappa shape index (κ1) is 18.6. The summed E-state index contributed by atoms with van der Waals surface area (Å²) in [5.41, 5.74) is 1.65. The van der Waals surface area contributed by atoms with Gasteiger partial charge in [-0.25, -0.2) is 4.79 Å². The number of methoxy groups -OCH3 is 1. The highest BCUT2D eigenvalue weighted by Gasteiger charge is 2.38. The minimum Gasteiger partial charge on any atom is -0.497 e. The van der Waals surface area contributed by atoms with Crippen LogP contribution in [0.4, 0.5) is 4.79 Å². The van der Waals surface area contributed by atoms with E-state index in [1.165, 1.54) is 0 Å². The van der Waals surface area contributed by atoms with Gasteiger partial charge >= 0.3 is 6.03 Å². The van der Waals surface area contributed by atoms with E-state index in [1.54, 1.807) is 13.3 Å². The van der Waals surface area contributed by atoms with E-state index in [1.807, 2.05) is 55.3 Å². The normalized spacial score (nSPS) is 19.9. The molecule has 1 aromatic carbocycles. The van der Waals surface area contributed by atoms with Gasteiger partial charge in [0.2, 0.25) is 0 Å². The Hall–Kier alpha value is -2.76. The molecule has 4 rings (SSSR count). The molecule has 0 bridgehead atoms. The molecule has 6 heteroatoms. The van der Waals surface area contributed by atoms with Crippen molar-refractivity contribution in [2.75, 3.05) is 7.11 Å². The van der Waals surface area contributed by atoms with Gasteiger partial charge < -0.3 is 19.7 Å². The van der Waals surface area contributed by atoms with Crippen molar-refractivity contribution in [3.63, 3.8) is 0 Å².